The van der Waals surface area contributed by atoms with Crippen LogP contribution in [-0.4, -0.2) is 27.2 Å². The monoisotopic (exact) mass is 227 g/mol. The van der Waals surface area contributed by atoms with E-state index in [9.17, 15) is 10.2 Å². The predicted molar refractivity (Wildman–Crippen MR) is 55.1 cm³/mol. The van der Waals surface area contributed by atoms with E-state index in [1.54, 1.807) is 0 Å². The summed E-state index contributed by atoms with van der Waals surface area (Å²) in [4.78, 5) is 3.73. The van der Waals surface area contributed by atoms with Crippen molar-refractivity contribution in [3.63, 3.8) is 0 Å². The molecule has 0 aromatic carbocycles. The van der Waals surface area contributed by atoms with E-state index >= 15 is 0 Å². The smallest absolute Gasteiger partial charge is 0.141 e. The number of nitrogen functional groups attached to an aromatic ring is 1. The zero-order chi connectivity index (χ0) is 11.4. The molecule has 0 aliphatic heterocycles. The molecule has 1 aromatic heterocycles. The summed E-state index contributed by atoms with van der Waals surface area (Å²) >= 11 is 5.38. The summed E-state index contributed by atoms with van der Waals surface area (Å²) < 4.78 is 0. The summed E-state index contributed by atoms with van der Waals surface area (Å²) in [6.45, 7) is 0. The van der Waals surface area contributed by atoms with Crippen LogP contribution < -0.4 is 5.73 Å². The van der Waals surface area contributed by atoms with Gasteiger partial charge in [-0.25, -0.2) is 4.98 Å². The lowest BCUT2D eigenvalue weighted by Gasteiger charge is -2.15. The minimum Gasteiger partial charge on any atom is -0.389 e. The number of rotatable bonds is 3. The van der Waals surface area contributed by atoms with Crippen molar-refractivity contribution in [3.05, 3.63) is 23.4 Å². The van der Waals surface area contributed by atoms with Crippen LogP contribution in [0.15, 0.2) is 12.3 Å². The quantitative estimate of drug-likeness (QED) is 0.639. The average Bonchev–Trinajstić information content (AvgIpc) is 2.27. The second-order valence-corrected chi connectivity index (χ2v) is 3.29. The molecule has 15 heavy (non-hydrogen) atoms. The van der Waals surface area contributed by atoms with Gasteiger partial charge < -0.3 is 15.9 Å². The highest BCUT2D eigenvalue weighted by molar-refractivity contribution is 6.18. The Morgan fingerprint density at radius 3 is 2.80 bits per heavy atom. The van der Waals surface area contributed by atoms with Gasteiger partial charge in [0.1, 0.15) is 18.0 Å². The molecule has 0 bridgehead atoms. The van der Waals surface area contributed by atoms with Crippen molar-refractivity contribution in [2.45, 2.75) is 12.2 Å². The molecule has 0 radical (unpaired) electrons. The van der Waals surface area contributed by atoms with Crippen LogP contribution in [0.2, 0.25) is 0 Å². The molecule has 4 N–H and O–H groups in total. The molecule has 1 rings (SSSR count). The fraction of sp³-hybridized carbons (Fsp3) is 0.333. The number of nitrogens with two attached hydrogens (primary N) is 1. The third kappa shape index (κ3) is 2.57. The van der Waals surface area contributed by atoms with E-state index in [2.05, 4.69) is 4.98 Å². The van der Waals surface area contributed by atoms with Gasteiger partial charge in [0.15, 0.2) is 0 Å². The van der Waals surface area contributed by atoms with Crippen molar-refractivity contribution in [2.75, 3.05) is 11.6 Å². The number of aliphatic hydroxyl groups is 2. The molecule has 6 heteroatoms. The van der Waals surface area contributed by atoms with Crippen LogP contribution in [0.5, 0.6) is 0 Å². The predicted octanol–water partition coefficient (Wildman–Crippen LogP) is 0.169. The Morgan fingerprint density at radius 1 is 1.60 bits per heavy atom. The lowest BCUT2D eigenvalue weighted by Crippen LogP contribution is -2.20. The van der Waals surface area contributed by atoms with Gasteiger partial charge in [-0.2, -0.15) is 5.26 Å². The minimum absolute atomic E-state index is 0.0915. The number of hydrogen-bond acceptors (Lipinski definition) is 5. The zero-order valence-corrected chi connectivity index (χ0v) is 8.52. The minimum atomic E-state index is -1.16. The van der Waals surface area contributed by atoms with Crippen molar-refractivity contribution in [2.24, 2.45) is 0 Å². The number of aromatic nitrogens is 1. The molecule has 0 aliphatic rings. The van der Waals surface area contributed by atoms with Gasteiger partial charge in [0.25, 0.3) is 0 Å². The maximum absolute atomic E-state index is 9.58. The van der Waals surface area contributed by atoms with Crippen LogP contribution >= 0.6 is 11.6 Å². The largest absolute Gasteiger partial charge is 0.389 e. The molecule has 0 amide bonds. The number of aliphatic hydroxyl groups excluding tert-OH is 2. The van der Waals surface area contributed by atoms with Crippen molar-refractivity contribution in [1.82, 2.24) is 4.98 Å². The van der Waals surface area contributed by atoms with Crippen molar-refractivity contribution < 1.29 is 10.2 Å². The van der Waals surface area contributed by atoms with Crippen molar-refractivity contribution in [1.29, 1.82) is 5.26 Å². The Hall–Kier alpha value is -1.35. The summed E-state index contributed by atoms with van der Waals surface area (Å²) in [5, 5.41) is 27.5. The highest BCUT2D eigenvalue weighted by Crippen LogP contribution is 2.19. The molecule has 1 aromatic rings. The first-order valence-electron chi connectivity index (χ1n) is 4.17. The first kappa shape index (κ1) is 11.7. The highest BCUT2D eigenvalue weighted by atomic mass is 35.5. The van der Waals surface area contributed by atoms with Gasteiger partial charge >= 0.3 is 0 Å². The third-order valence-electron chi connectivity index (χ3n) is 1.92. The third-order valence-corrected chi connectivity index (χ3v) is 2.24. The normalized spacial score (nSPS) is 14.3. The van der Waals surface area contributed by atoms with Gasteiger partial charge in [-0.05, 0) is 6.07 Å². The lowest BCUT2D eigenvalue weighted by molar-refractivity contribution is 0.0325. The second kappa shape index (κ2) is 4.94. The summed E-state index contributed by atoms with van der Waals surface area (Å²) in [5.74, 6) is -0.0122. The average molecular weight is 228 g/mol. The fourth-order valence-corrected chi connectivity index (χ4v) is 1.22. The molecule has 0 fully saturated rings. The summed E-state index contributed by atoms with van der Waals surface area (Å²) in [7, 11) is 0. The van der Waals surface area contributed by atoms with Crippen LogP contribution in [0, 0.1) is 11.3 Å². The Balaban J connectivity index is 3.02. The summed E-state index contributed by atoms with van der Waals surface area (Å²) in [5.41, 5.74) is 5.88. The van der Waals surface area contributed by atoms with E-state index in [0.29, 0.717) is 5.56 Å². The number of nitriles is 1. The molecule has 0 aliphatic carbocycles. The van der Waals surface area contributed by atoms with E-state index in [4.69, 9.17) is 22.6 Å². The van der Waals surface area contributed by atoms with Crippen LogP contribution in [0.1, 0.15) is 17.2 Å². The number of hydrogen-bond donors (Lipinski definition) is 3. The van der Waals surface area contributed by atoms with Gasteiger partial charge in [0.05, 0.1) is 17.5 Å². The molecular formula is C9H10ClN3O2. The fourth-order valence-electron chi connectivity index (χ4n) is 1.05. The molecule has 0 saturated heterocycles. The molecule has 1 heterocycles. The van der Waals surface area contributed by atoms with Crippen molar-refractivity contribution in [3.8, 4) is 6.07 Å². The standard InChI is InChI=1S/C9H10ClN3O2/c10-2-7(14)8(15)6-1-5(3-11)9(12)13-4-6/h1,4,7-8,14-15H,2H2,(H2,12,13). The molecule has 2 atom stereocenters. The van der Waals surface area contributed by atoms with Crippen LogP contribution in [0.25, 0.3) is 0 Å². The summed E-state index contributed by atoms with van der Waals surface area (Å²) in [6, 6.07) is 3.21. The first-order chi connectivity index (χ1) is 7.10. The molecule has 2 unspecified atom stereocenters. The lowest BCUT2D eigenvalue weighted by atomic mass is 10.1. The van der Waals surface area contributed by atoms with Gasteiger partial charge in [0, 0.05) is 11.8 Å². The number of nitrogens with zero attached hydrogens (tertiary/aromatic N) is 2. The molecule has 80 valence electrons. The zero-order valence-electron chi connectivity index (χ0n) is 7.76. The van der Waals surface area contributed by atoms with E-state index < -0.39 is 12.2 Å². The van der Waals surface area contributed by atoms with Gasteiger partial charge in [0.2, 0.25) is 0 Å². The Kier molecular flexibility index (Phi) is 3.86. The van der Waals surface area contributed by atoms with Crippen LogP contribution in [0.4, 0.5) is 5.82 Å². The van der Waals surface area contributed by atoms with E-state index in [0.717, 1.165) is 0 Å². The molecular weight excluding hydrogens is 218 g/mol. The SMILES string of the molecule is N#Cc1cc(C(O)C(O)CCl)cnc1N. The van der Waals surface area contributed by atoms with Crippen LogP contribution in [-0.2, 0) is 0 Å². The number of halogens is 1. The maximum atomic E-state index is 9.58. The molecule has 0 spiro atoms. The van der Waals surface area contributed by atoms with E-state index in [-0.39, 0.29) is 17.3 Å². The number of anilines is 1. The van der Waals surface area contributed by atoms with E-state index in [1.165, 1.54) is 12.3 Å². The maximum Gasteiger partial charge on any atom is 0.141 e. The van der Waals surface area contributed by atoms with Gasteiger partial charge in [-0.1, -0.05) is 0 Å². The first-order valence-corrected chi connectivity index (χ1v) is 4.71. The summed E-state index contributed by atoms with van der Waals surface area (Å²) in [6.07, 6.45) is -0.956. The van der Waals surface area contributed by atoms with Gasteiger partial charge in [-0.15, -0.1) is 11.6 Å². The Morgan fingerprint density at radius 2 is 2.27 bits per heavy atom. The second-order valence-electron chi connectivity index (χ2n) is 2.98. The Labute approximate surface area is 91.7 Å². The molecule has 0 saturated carbocycles. The Bertz CT molecular complexity index is 391. The van der Waals surface area contributed by atoms with Crippen LogP contribution in [0.3, 0.4) is 0 Å². The van der Waals surface area contributed by atoms with E-state index in [1.807, 2.05) is 6.07 Å². The topological polar surface area (TPSA) is 103 Å². The molecule has 5 nitrogen and oxygen atoms in total. The number of alkyl halides is 1. The number of pyridine rings is 1. The van der Waals surface area contributed by atoms with Gasteiger partial charge in [-0.3, -0.25) is 0 Å². The van der Waals surface area contributed by atoms with Crippen molar-refractivity contribution >= 4 is 17.4 Å². The highest BCUT2D eigenvalue weighted by Gasteiger charge is 2.18.